The van der Waals surface area contributed by atoms with Gasteiger partial charge in [0.15, 0.2) is 0 Å². The summed E-state index contributed by atoms with van der Waals surface area (Å²) < 4.78 is 5.52. The average Bonchev–Trinajstić information content (AvgIpc) is 2.40. The summed E-state index contributed by atoms with van der Waals surface area (Å²) in [7, 11) is 3.72. The number of rotatable bonds is 4. The first-order chi connectivity index (χ1) is 9.49. The van der Waals surface area contributed by atoms with Crippen molar-refractivity contribution in [1.82, 2.24) is 19.9 Å². The molecule has 0 aliphatic carbocycles. The van der Waals surface area contributed by atoms with Gasteiger partial charge in [-0.05, 0) is 6.92 Å². The molecule has 20 heavy (non-hydrogen) atoms. The summed E-state index contributed by atoms with van der Waals surface area (Å²) in [6.07, 6.45) is -0.154. The SMILES string of the molecule is CC1COC(CO)CN1Cc1nc(N)nc(N(C)C)n1. The van der Waals surface area contributed by atoms with E-state index < -0.39 is 0 Å². The first-order valence-corrected chi connectivity index (χ1v) is 6.64. The van der Waals surface area contributed by atoms with Crippen LogP contribution in [0.4, 0.5) is 11.9 Å². The van der Waals surface area contributed by atoms with Crippen molar-refractivity contribution in [2.75, 3.05) is 44.5 Å². The van der Waals surface area contributed by atoms with Crippen LogP contribution in [0.1, 0.15) is 12.7 Å². The Morgan fingerprint density at radius 2 is 2.15 bits per heavy atom. The second-order valence-corrected chi connectivity index (χ2v) is 5.22. The molecule has 1 aliphatic rings. The second-order valence-electron chi connectivity index (χ2n) is 5.22. The van der Waals surface area contributed by atoms with Gasteiger partial charge in [-0.3, -0.25) is 4.90 Å². The van der Waals surface area contributed by atoms with E-state index in [0.29, 0.717) is 31.5 Å². The number of morpholine rings is 1. The molecular formula is C12H22N6O2. The number of anilines is 2. The fourth-order valence-corrected chi connectivity index (χ4v) is 2.08. The van der Waals surface area contributed by atoms with Gasteiger partial charge in [0.1, 0.15) is 5.82 Å². The van der Waals surface area contributed by atoms with E-state index >= 15 is 0 Å². The molecule has 1 saturated heterocycles. The number of nitrogens with two attached hydrogens (primary N) is 1. The van der Waals surface area contributed by atoms with Crippen molar-refractivity contribution in [3.05, 3.63) is 5.82 Å². The minimum absolute atomic E-state index is 0.0194. The molecular weight excluding hydrogens is 260 g/mol. The third-order valence-corrected chi connectivity index (χ3v) is 3.27. The number of hydrogen-bond donors (Lipinski definition) is 2. The highest BCUT2D eigenvalue weighted by molar-refractivity contribution is 5.32. The largest absolute Gasteiger partial charge is 0.394 e. The van der Waals surface area contributed by atoms with Gasteiger partial charge in [0, 0.05) is 26.7 Å². The minimum atomic E-state index is -0.154. The third-order valence-electron chi connectivity index (χ3n) is 3.27. The number of ether oxygens (including phenoxy) is 1. The Hall–Kier alpha value is -1.51. The molecule has 2 rings (SSSR count). The standard InChI is InChI=1S/C12H22N6O2/c1-8-7-20-9(6-19)4-18(8)5-10-14-11(13)16-12(15-10)17(2)3/h8-9,19H,4-7H2,1-3H3,(H2,13,14,15,16). The van der Waals surface area contributed by atoms with Crippen LogP contribution in [0, 0.1) is 0 Å². The topological polar surface area (TPSA) is 101 Å². The molecule has 1 aromatic rings. The van der Waals surface area contributed by atoms with E-state index in [2.05, 4.69) is 26.8 Å². The molecule has 0 bridgehead atoms. The van der Waals surface area contributed by atoms with Gasteiger partial charge in [-0.15, -0.1) is 0 Å². The number of nitrogen functional groups attached to an aromatic ring is 1. The van der Waals surface area contributed by atoms with Crippen molar-refractivity contribution in [3.8, 4) is 0 Å². The maximum Gasteiger partial charge on any atom is 0.229 e. The molecule has 2 heterocycles. The molecule has 8 heteroatoms. The van der Waals surface area contributed by atoms with Crippen molar-refractivity contribution >= 4 is 11.9 Å². The number of aromatic nitrogens is 3. The van der Waals surface area contributed by atoms with Crippen molar-refractivity contribution < 1.29 is 9.84 Å². The van der Waals surface area contributed by atoms with Gasteiger partial charge in [-0.2, -0.15) is 15.0 Å². The van der Waals surface area contributed by atoms with Crippen LogP contribution < -0.4 is 10.6 Å². The molecule has 0 amide bonds. The zero-order valence-electron chi connectivity index (χ0n) is 12.2. The van der Waals surface area contributed by atoms with Crippen molar-refractivity contribution in [3.63, 3.8) is 0 Å². The lowest BCUT2D eigenvalue weighted by Gasteiger charge is -2.36. The number of aliphatic hydroxyl groups excluding tert-OH is 1. The van der Waals surface area contributed by atoms with Crippen LogP contribution in [0.15, 0.2) is 0 Å². The maximum atomic E-state index is 9.20. The van der Waals surface area contributed by atoms with Crippen molar-refractivity contribution in [2.45, 2.75) is 25.6 Å². The summed E-state index contributed by atoms with van der Waals surface area (Å²) in [6, 6.07) is 0.249. The maximum absolute atomic E-state index is 9.20. The van der Waals surface area contributed by atoms with Gasteiger partial charge in [-0.1, -0.05) is 0 Å². The Balaban J connectivity index is 2.12. The highest BCUT2D eigenvalue weighted by Crippen LogP contribution is 2.15. The zero-order chi connectivity index (χ0) is 14.7. The molecule has 2 unspecified atom stereocenters. The van der Waals surface area contributed by atoms with E-state index in [4.69, 9.17) is 10.5 Å². The van der Waals surface area contributed by atoms with E-state index in [1.165, 1.54) is 0 Å². The van der Waals surface area contributed by atoms with Crippen LogP contribution in [0.25, 0.3) is 0 Å². The summed E-state index contributed by atoms with van der Waals surface area (Å²) >= 11 is 0. The quantitative estimate of drug-likeness (QED) is 0.733. The van der Waals surface area contributed by atoms with Gasteiger partial charge in [0.25, 0.3) is 0 Å². The normalized spacial score (nSPS) is 23.8. The summed E-state index contributed by atoms with van der Waals surface area (Å²) in [6.45, 7) is 3.90. The monoisotopic (exact) mass is 282 g/mol. The highest BCUT2D eigenvalue weighted by Gasteiger charge is 2.26. The Labute approximate surface area is 118 Å². The molecule has 3 N–H and O–H groups in total. The summed E-state index contributed by atoms with van der Waals surface area (Å²) in [5.74, 6) is 1.40. The second kappa shape index (κ2) is 6.29. The van der Waals surface area contributed by atoms with E-state index in [1.54, 1.807) is 4.90 Å². The molecule has 0 spiro atoms. The Morgan fingerprint density at radius 3 is 2.80 bits per heavy atom. The summed E-state index contributed by atoms with van der Waals surface area (Å²) in [5.41, 5.74) is 5.72. The van der Waals surface area contributed by atoms with Crippen LogP contribution in [-0.4, -0.2) is 71.0 Å². The van der Waals surface area contributed by atoms with Gasteiger partial charge in [-0.25, -0.2) is 0 Å². The van der Waals surface area contributed by atoms with E-state index in [0.717, 1.165) is 0 Å². The van der Waals surface area contributed by atoms with Crippen LogP contribution in [-0.2, 0) is 11.3 Å². The summed E-state index contributed by atoms with van der Waals surface area (Å²) in [5, 5.41) is 9.20. The molecule has 1 fully saturated rings. The zero-order valence-corrected chi connectivity index (χ0v) is 12.2. The fourth-order valence-electron chi connectivity index (χ4n) is 2.08. The smallest absolute Gasteiger partial charge is 0.229 e. The molecule has 8 nitrogen and oxygen atoms in total. The molecule has 2 atom stereocenters. The lowest BCUT2D eigenvalue weighted by Crippen LogP contribution is -2.49. The van der Waals surface area contributed by atoms with E-state index in [9.17, 15) is 5.11 Å². The molecule has 0 radical (unpaired) electrons. The van der Waals surface area contributed by atoms with Crippen LogP contribution in [0.2, 0.25) is 0 Å². The van der Waals surface area contributed by atoms with Gasteiger partial charge < -0.3 is 20.5 Å². The average molecular weight is 282 g/mol. The molecule has 0 aromatic carbocycles. The molecule has 1 aliphatic heterocycles. The number of hydrogen-bond acceptors (Lipinski definition) is 8. The summed E-state index contributed by atoms with van der Waals surface area (Å²) in [4.78, 5) is 16.6. The molecule has 112 valence electrons. The number of nitrogens with zero attached hydrogens (tertiary/aromatic N) is 5. The minimum Gasteiger partial charge on any atom is -0.394 e. The number of aliphatic hydroxyl groups is 1. The highest BCUT2D eigenvalue weighted by atomic mass is 16.5. The van der Waals surface area contributed by atoms with Gasteiger partial charge >= 0.3 is 0 Å². The van der Waals surface area contributed by atoms with Crippen LogP contribution >= 0.6 is 0 Å². The lowest BCUT2D eigenvalue weighted by atomic mass is 10.2. The predicted octanol–water partition coefficient (Wildman–Crippen LogP) is -0.899. The first-order valence-electron chi connectivity index (χ1n) is 6.64. The first kappa shape index (κ1) is 14.9. The Morgan fingerprint density at radius 1 is 1.40 bits per heavy atom. The van der Waals surface area contributed by atoms with E-state index in [-0.39, 0.29) is 24.7 Å². The lowest BCUT2D eigenvalue weighted by molar-refractivity contribution is -0.0811. The Bertz CT molecular complexity index is 456. The van der Waals surface area contributed by atoms with Crippen LogP contribution in [0.5, 0.6) is 0 Å². The molecule has 0 saturated carbocycles. The van der Waals surface area contributed by atoms with E-state index in [1.807, 2.05) is 14.1 Å². The van der Waals surface area contributed by atoms with Gasteiger partial charge in [0.05, 0.1) is 25.9 Å². The van der Waals surface area contributed by atoms with Crippen molar-refractivity contribution in [2.24, 2.45) is 0 Å². The Kier molecular flexibility index (Phi) is 4.69. The van der Waals surface area contributed by atoms with Gasteiger partial charge in [0.2, 0.25) is 11.9 Å². The fraction of sp³-hybridized carbons (Fsp3) is 0.750. The molecule has 1 aromatic heterocycles. The third kappa shape index (κ3) is 3.53. The van der Waals surface area contributed by atoms with Crippen LogP contribution in [0.3, 0.4) is 0 Å². The van der Waals surface area contributed by atoms with Crippen molar-refractivity contribution in [1.29, 1.82) is 0 Å². The predicted molar refractivity (Wildman–Crippen MR) is 75.3 cm³/mol.